The van der Waals surface area contributed by atoms with E-state index in [0.29, 0.717) is 12.8 Å². The van der Waals surface area contributed by atoms with Crippen molar-refractivity contribution >= 4 is 40.3 Å². The topological polar surface area (TPSA) is 78.4 Å². The minimum atomic E-state index is -0.809. The predicted octanol–water partition coefficient (Wildman–Crippen LogP) is 3.45. The van der Waals surface area contributed by atoms with Crippen LogP contribution in [0.3, 0.4) is 0 Å². The Morgan fingerprint density at radius 3 is 2.48 bits per heavy atom. The molecule has 1 aromatic carbocycles. The summed E-state index contributed by atoms with van der Waals surface area (Å²) in [6.45, 7) is 0.178. The molecule has 6 heteroatoms. The summed E-state index contributed by atoms with van der Waals surface area (Å²) in [5.74, 6) is -0.809. The van der Waals surface area contributed by atoms with Gasteiger partial charge in [0.15, 0.2) is 0 Å². The van der Waals surface area contributed by atoms with Gasteiger partial charge in [-0.25, -0.2) is 4.79 Å². The van der Waals surface area contributed by atoms with Gasteiger partial charge in [0.1, 0.15) is 0 Å². The van der Waals surface area contributed by atoms with Crippen molar-refractivity contribution in [3.8, 4) is 0 Å². The minimum Gasteiger partial charge on any atom is -0.481 e. The largest absolute Gasteiger partial charge is 0.481 e. The summed E-state index contributed by atoms with van der Waals surface area (Å²) in [5, 5.41) is 14.9. The molecule has 0 atom stereocenters. The molecule has 1 saturated carbocycles. The van der Waals surface area contributed by atoms with Gasteiger partial charge in [0.25, 0.3) is 0 Å². The minimum absolute atomic E-state index is 0.178. The number of aliphatic carboxylic acids is 1. The van der Waals surface area contributed by atoms with E-state index in [4.69, 9.17) is 0 Å². The van der Waals surface area contributed by atoms with Crippen molar-refractivity contribution < 1.29 is 14.7 Å². The molecule has 1 aliphatic carbocycles. The van der Waals surface area contributed by atoms with Gasteiger partial charge in [-0.05, 0) is 47.6 Å². The van der Waals surface area contributed by atoms with Crippen molar-refractivity contribution in [1.29, 1.82) is 0 Å². The van der Waals surface area contributed by atoms with Crippen LogP contribution >= 0.6 is 22.6 Å². The summed E-state index contributed by atoms with van der Waals surface area (Å²) in [6.07, 6.45) is 4.15. The monoisotopic (exact) mass is 402 g/mol. The van der Waals surface area contributed by atoms with E-state index in [1.807, 2.05) is 24.3 Å². The third-order valence-corrected chi connectivity index (χ3v) is 4.91. The van der Waals surface area contributed by atoms with E-state index in [2.05, 4.69) is 33.2 Å². The SMILES string of the molecule is O=C(NCC1(C(=O)O)CCCCC1)Nc1ccccc1I. The number of carbonyl (C=O) groups is 2. The van der Waals surface area contributed by atoms with Crippen LogP contribution < -0.4 is 10.6 Å². The molecule has 0 bridgehead atoms. The number of carboxylic acid groups (broad SMARTS) is 1. The molecule has 0 unspecified atom stereocenters. The van der Waals surface area contributed by atoms with Gasteiger partial charge in [-0.3, -0.25) is 4.79 Å². The molecule has 5 nitrogen and oxygen atoms in total. The van der Waals surface area contributed by atoms with Gasteiger partial charge in [0, 0.05) is 10.1 Å². The molecule has 1 aliphatic rings. The van der Waals surface area contributed by atoms with Gasteiger partial charge in [-0.1, -0.05) is 31.4 Å². The summed E-state index contributed by atoms with van der Waals surface area (Å²) in [4.78, 5) is 23.5. The highest BCUT2D eigenvalue weighted by Crippen LogP contribution is 2.36. The normalized spacial score (nSPS) is 17.0. The number of amides is 2. The first-order valence-electron chi connectivity index (χ1n) is 7.06. The zero-order chi connectivity index (χ0) is 15.3. The Morgan fingerprint density at radius 1 is 1.19 bits per heavy atom. The van der Waals surface area contributed by atoms with E-state index >= 15 is 0 Å². The van der Waals surface area contributed by atoms with Crippen LogP contribution in [0.1, 0.15) is 32.1 Å². The summed E-state index contributed by atoms with van der Waals surface area (Å²) < 4.78 is 0.941. The van der Waals surface area contributed by atoms with Crippen LogP contribution in [0.5, 0.6) is 0 Å². The third kappa shape index (κ3) is 4.09. The van der Waals surface area contributed by atoms with Crippen LogP contribution in [0.4, 0.5) is 10.5 Å². The van der Waals surface area contributed by atoms with Gasteiger partial charge in [-0.2, -0.15) is 0 Å². The lowest BCUT2D eigenvalue weighted by Gasteiger charge is -2.33. The molecule has 21 heavy (non-hydrogen) atoms. The van der Waals surface area contributed by atoms with Crippen molar-refractivity contribution in [1.82, 2.24) is 5.32 Å². The maximum atomic E-state index is 12.0. The molecule has 0 saturated heterocycles. The predicted molar refractivity (Wildman–Crippen MR) is 89.3 cm³/mol. The van der Waals surface area contributed by atoms with Crippen molar-refractivity contribution in [2.45, 2.75) is 32.1 Å². The van der Waals surface area contributed by atoms with E-state index in [0.717, 1.165) is 28.5 Å². The first-order valence-corrected chi connectivity index (χ1v) is 8.14. The molecule has 2 rings (SSSR count). The number of hydrogen-bond acceptors (Lipinski definition) is 2. The molecular weight excluding hydrogens is 383 g/mol. The standard InChI is InChI=1S/C15H19IN2O3/c16-11-6-2-3-7-12(11)18-14(21)17-10-15(13(19)20)8-4-1-5-9-15/h2-3,6-7H,1,4-5,8-10H2,(H,19,20)(H2,17,18,21). The first-order chi connectivity index (χ1) is 10.0. The summed E-state index contributed by atoms with van der Waals surface area (Å²) in [6, 6.07) is 7.10. The third-order valence-electron chi connectivity index (χ3n) is 3.97. The van der Waals surface area contributed by atoms with Gasteiger partial charge in [-0.15, -0.1) is 0 Å². The van der Waals surface area contributed by atoms with Crippen molar-refractivity contribution in [3.63, 3.8) is 0 Å². The van der Waals surface area contributed by atoms with Crippen LogP contribution in [-0.2, 0) is 4.79 Å². The number of urea groups is 1. The zero-order valence-electron chi connectivity index (χ0n) is 11.7. The van der Waals surface area contributed by atoms with E-state index < -0.39 is 11.4 Å². The molecule has 1 fully saturated rings. The average Bonchev–Trinajstić information content (AvgIpc) is 2.48. The van der Waals surface area contributed by atoms with E-state index in [1.54, 1.807) is 0 Å². The number of anilines is 1. The second-order valence-corrected chi connectivity index (χ2v) is 6.60. The number of hydrogen-bond donors (Lipinski definition) is 3. The van der Waals surface area contributed by atoms with Crippen molar-refractivity contribution in [2.75, 3.05) is 11.9 Å². The Morgan fingerprint density at radius 2 is 1.86 bits per heavy atom. The van der Waals surface area contributed by atoms with E-state index in [-0.39, 0.29) is 12.6 Å². The molecule has 2 amide bonds. The molecule has 0 spiro atoms. The smallest absolute Gasteiger partial charge is 0.319 e. The number of carboxylic acids is 1. The Labute approximate surface area is 137 Å². The van der Waals surface area contributed by atoms with E-state index in [1.165, 1.54) is 0 Å². The maximum Gasteiger partial charge on any atom is 0.319 e. The zero-order valence-corrected chi connectivity index (χ0v) is 13.9. The van der Waals surface area contributed by atoms with E-state index in [9.17, 15) is 14.7 Å². The summed E-state index contributed by atoms with van der Waals surface area (Å²) in [5.41, 5.74) is -0.0805. The highest BCUT2D eigenvalue weighted by Gasteiger charge is 2.39. The van der Waals surface area contributed by atoms with Crippen LogP contribution in [-0.4, -0.2) is 23.7 Å². The quantitative estimate of drug-likeness (QED) is 0.676. The lowest BCUT2D eigenvalue weighted by Crippen LogP contribution is -2.45. The molecule has 1 aromatic rings. The second-order valence-electron chi connectivity index (χ2n) is 5.43. The Kier molecular flexibility index (Phi) is 5.44. The van der Waals surface area contributed by atoms with Gasteiger partial charge in [0.05, 0.1) is 11.1 Å². The van der Waals surface area contributed by atoms with Gasteiger partial charge >= 0.3 is 12.0 Å². The Balaban J connectivity index is 1.93. The molecule has 0 aliphatic heterocycles. The molecule has 0 radical (unpaired) electrons. The summed E-state index contributed by atoms with van der Waals surface area (Å²) in [7, 11) is 0. The fraction of sp³-hybridized carbons (Fsp3) is 0.467. The fourth-order valence-electron chi connectivity index (χ4n) is 2.67. The maximum absolute atomic E-state index is 12.0. The highest BCUT2D eigenvalue weighted by atomic mass is 127. The van der Waals surface area contributed by atoms with Crippen LogP contribution in [0.15, 0.2) is 24.3 Å². The van der Waals surface area contributed by atoms with Crippen molar-refractivity contribution in [3.05, 3.63) is 27.8 Å². The number of benzene rings is 1. The van der Waals surface area contributed by atoms with Crippen LogP contribution in [0.2, 0.25) is 0 Å². The lowest BCUT2D eigenvalue weighted by molar-refractivity contribution is -0.150. The highest BCUT2D eigenvalue weighted by molar-refractivity contribution is 14.1. The first kappa shape index (κ1) is 16.1. The molecule has 114 valence electrons. The fourth-order valence-corrected chi connectivity index (χ4v) is 3.20. The second kappa shape index (κ2) is 7.11. The number of para-hydroxylation sites is 1. The molecule has 3 N–H and O–H groups in total. The average molecular weight is 402 g/mol. The van der Waals surface area contributed by atoms with Gasteiger partial charge in [0.2, 0.25) is 0 Å². The lowest BCUT2D eigenvalue weighted by atomic mass is 9.74. The Bertz CT molecular complexity index is 527. The Hall–Kier alpha value is -1.31. The molecular formula is C15H19IN2O3. The number of nitrogens with one attached hydrogen (secondary N) is 2. The molecule has 0 aromatic heterocycles. The number of carbonyl (C=O) groups excluding carboxylic acids is 1. The summed E-state index contributed by atoms with van der Waals surface area (Å²) >= 11 is 2.14. The molecule has 0 heterocycles. The van der Waals surface area contributed by atoms with Crippen LogP contribution in [0.25, 0.3) is 0 Å². The number of halogens is 1. The van der Waals surface area contributed by atoms with Crippen LogP contribution in [0, 0.1) is 8.99 Å². The number of rotatable bonds is 4. The van der Waals surface area contributed by atoms with Gasteiger partial charge < -0.3 is 15.7 Å². The van der Waals surface area contributed by atoms with Crippen molar-refractivity contribution in [2.24, 2.45) is 5.41 Å².